The average molecular weight is 312 g/mol. The van der Waals surface area contributed by atoms with Crippen LogP contribution in [0.4, 0.5) is 4.39 Å². The minimum absolute atomic E-state index is 0.114. The van der Waals surface area contributed by atoms with E-state index in [1.807, 2.05) is 0 Å². The first-order valence-electron chi connectivity index (χ1n) is 6.29. The van der Waals surface area contributed by atoms with Crippen molar-refractivity contribution in [2.45, 2.75) is 17.7 Å². The zero-order valence-electron chi connectivity index (χ0n) is 11.0. The minimum atomic E-state index is -3.93. The number of halogens is 1. The molecule has 2 rings (SSSR count). The third kappa shape index (κ3) is 3.04. The Morgan fingerprint density at radius 1 is 1.48 bits per heavy atom. The van der Waals surface area contributed by atoms with Gasteiger partial charge >= 0.3 is 5.97 Å². The second kappa shape index (κ2) is 5.79. The van der Waals surface area contributed by atoms with Gasteiger partial charge in [0.25, 0.3) is 0 Å². The second-order valence-electron chi connectivity index (χ2n) is 4.79. The third-order valence-corrected chi connectivity index (χ3v) is 5.29. The van der Waals surface area contributed by atoms with E-state index in [0.717, 1.165) is 22.5 Å². The van der Waals surface area contributed by atoms with Gasteiger partial charge in [-0.1, -0.05) is 0 Å². The molecule has 0 saturated carbocycles. The molecule has 21 heavy (non-hydrogen) atoms. The van der Waals surface area contributed by atoms with Crippen LogP contribution < -0.4 is 0 Å². The molecule has 112 valence electrons. The summed E-state index contributed by atoms with van der Waals surface area (Å²) in [5.41, 5.74) is -0.358. The molecule has 1 aliphatic rings. The second-order valence-corrected chi connectivity index (χ2v) is 6.73. The van der Waals surface area contributed by atoms with Crippen LogP contribution in [0.3, 0.4) is 0 Å². The fraction of sp³-hybridized carbons (Fsp3) is 0.385. The van der Waals surface area contributed by atoms with E-state index in [9.17, 15) is 17.6 Å². The van der Waals surface area contributed by atoms with E-state index in [1.165, 1.54) is 0 Å². The zero-order valence-corrected chi connectivity index (χ0v) is 11.8. The number of nitriles is 1. The molecule has 1 aromatic carbocycles. The number of aliphatic carboxylic acids is 1. The van der Waals surface area contributed by atoms with Crippen molar-refractivity contribution in [3.05, 3.63) is 29.6 Å². The summed E-state index contributed by atoms with van der Waals surface area (Å²) in [6.07, 6.45) is 0.872. The topological polar surface area (TPSA) is 98.5 Å². The molecule has 0 radical (unpaired) electrons. The Bertz CT molecular complexity index is 711. The van der Waals surface area contributed by atoms with E-state index < -0.39 is 27.7 Å². The van der Waals surface area contributed by atoms with Gasteiger partial charge in [0.05, 0.1) is 16.4 Å². The molecule has 0 bridgehead atoms. The highest BCUT2D eigenvalue weighted by Crippen LogP contribution is 2.25. The molecule has 8 heteroatoms. The predicted octanol–water partition coefficient (Wildman–Crippen LogP) is 1.18. The van der Waals surface area contributed by atoms with E-state index in [1.54, 1.807) is 6.07 Å². The van der Waals surface area contributed by atoms with E-state index in [-0.39, 0.29) is 23.5 Å². The number of carboxylic acids is 1. The summed E-state index contributed by atoms with van der Waals surface area (Å²) in [6.45, 7) is 0.0995. The monoisotopic (exact) mass is 312 g/mol. The molecule has 6 nitrogen and oxygen atoms in total. The molecule has 1 saturated heterocycles. The maximum atomic E-state index is 13.3. The van der Waals surface area contributed by atoms with Crippen molar-refractivity contribution >= 4 is 16.0 Å². The summed E-state index contributed by atoms with van der Waals surface area (Å²) >= 11 is 0. The molecular formula is C13H13FN2O4S. The molecule has 0 aliphatic carbocycles. The van der Waals surface area contributed by atoms with Crippen LogP contribution in [0.25, 0.3) is 0 Å². The van der Waals surface area contributed by atoms with Gasteiger partial charge in [-0.15, -0.1) is 0 Å². The number of piperidine rings is 1. The van der Waals surface area contributed by atoms with Crippen molar-refractivity contribution in [3.63, 3.8) is 0 Å². The molecule has 1 atom stereocenters. The molecule has 1 aliphatic heterocycles. The fourth-order valence-corrected chi connectivity index (χ4v) is 3.81. The maximum Gasteiger partial charge on any atom is 0.307 e. The molecule has 1 heterocycles. The highest BCUT2D eigenvalue weighted by atomic mass is 32.2. The van der Waals surface area contributed by atoms with Crippen LogP contribution in [0.2, 0.25) is 0 Å². The highest BCUT2D eigenvalue weighted by Gasteiger charge is 2.33. The molecule has 1 aromatic rings. The summed E-state index contributed by atoms with van der Waals surface area (Å²) in [5.74, 6) is -2.57. The lowest BCUT2D eigenvalue weighted by Gasteiger charge is -2.29. The number of carbonyl (C=O) groups is 1. The average Bonchev–Trinajstić information content (AvgIpc) is 2.47. The number of hydrogen-bond donors (Lipinski definition) is 1. The van der Waals surface area contributed by atoms with Gasteiger partial charge in [0.1, 0.15) is 11.9 Å². The van der Waals surface area contributed by atoms with Crippen molar-refractivity contribution in [2.24, 2.45) is 5.92 Å². The van der Waals surface area contributed by atoms with Crippen molar-refractivity contribution in [3.8, 4) is 6.07 Å². The van der Waals surface area contributed by atoms with E-state index in [2.05, 4.69) is 0 Å². The van der Waals surface area contributed by atoms with E-state index >= 15 is 0 Å². The number of hydrogen-bond acceptors (Lipinski definition) is 4. The standard InChI is InChI=1S/C13H13FN2O4S/c14-12-4-3-11(6-10(12)7-15)21(19,20)16-5-1-2-9(8-16)13(17)18/h3-4,6,9H,1-2,5,8H2,(H,17,18)/t9-/m0/s1. The largest absolute Gasteiger partial charge is 0.481 e. The van der Waals surface area contributed by atoms with Crippen LogP contribution in [0.1, 0.15) is 18.4 Å². The third-order valence-electron chi connectivity index (χ3n) is 3.43. The number of benzene rings is 1. The smallest absolute Gasteiger partial charge is 0.307 e. The predicted molar refractivity (Wildman–Crippen MR) is 70.2 cm³/mol. The zero-order chi connectivity index (χ0) is 15.6. The Morgan fingerprint density at radius 3 is 2.81 bits per heavy atom. The van der Waals surface area contributed by atoms with Gasteiger partial charge in [-0.05, 0) is 31.0 Å². The number of nitrogens with zero attached hydrogens (tertiary/aromatic N) is 2. The quantitative estimate of drug-likeness (QED) is 0.903. The van der Waals surface area contributed by atoms with Gasteiger partial charge in [-0.2, -0.15) is 9.57 Å². The Kier molecular flexibility index (Phi) is 4.25. The summed E-state index contributed by atoms with van der Waals surface area (Å²) in [4.78, 5) is 10.8. The Hall–Kier alpha value is -1.98. The molecule has 0 amide bonds. The van der Waals surface area contributed by atoms with Crippen LogP contribution in [-0.2, 0) is 14.8 Å². The lowest BCUT2D eigenvalue weighted by Crippen LogP contribution is -2.42. The normalized spacial score (nSPS) is 19.9. The Morgan fingerprint density at radius 2 is 2.19 bits per heavy atom. The SMILES string of the molecule is N#Cc1cc(S(=O)(=O)N2CCC[C@H](C(=O)O)C2)ccc1F. The van der Waals surface area contributed by atoms with Gasteiger partial charge < -0.3 is 5.11 Å². The molecular weight excluding hydrogens is 299 g/mol. The van der Waals surface area contributed by atoms with Gasteiger partial charge in [-0.3, -0.25) is 4.79 Å². The number of rotatable bonds is 3. The van der Waals surface area contributed by atoms with Crippen LogP contribution in [0.5, 0.6) is 0 Å². The Labute approximate surface area is 121 Å². The molecule has 1 N–H and O–H groups in total. The van der Waals surface area contributed by atoms with Crippen LogP contribution in [0, 0.1) is 23.1 Å². The summed E-state index contributed by atoms with van der Waals surface area (Å²) < 4.78 is 39.2. The van der Waals surface area contributed by atoms with Crippen molar-refractivity contribution < 1.29 is 22.7 Å². The first-order valence-corrected chi connectivity index (χ1v) is 7.73. The van der Waals surface area contributed by atoms with Gasteiger partial charge in [-0.25, -0.2) is 12.8 Å². The van der Waals surface area contributed by atoms with E-state index in [0.29, 0.717) is 12.8 Å². The van der Waals surface area contributed by atoms with Gasteiger partial charge in [0, 0.05) is 13.1 Å². The summed E-state index contributed by atoms with van der Waals surface area (Å²) in [5, 5.41) is 17.8. The number of carboxylic acid groups (broad SMARTS) is 1. The first-order chi connectivity index (χ1) is 9.86. The summed E-state index contributed by atoms with van der Waals surface area (Å²) in [6, 6.07) is 4.55. The van der Waals surface area contributed by atoms with Crippen molar-refractivity contribution in [1.82, 2.24) is 4.31 Å². The number of sulfonamides is 1. The highest BCUT2D eigenvalue weighted by molar-refractivity contribution is 7.89. The van der Waals surface area contributed by atoms with Gasteiger partial charge in [0.15, 0.2) is 0 Å². The van der Waals surface area contributed by atoms with Crippen LogP contribution in [0.15, 0.2) is 23.1 Å². The van der Waals surface area contributed by atoms with Crippen molar-refractivity contribution in [2.75, 3.05) is 13.1 Å². The molecule has 0 unspecified atom stereocenters. The molecule has 0 aromatic heterocycles. The van der Waals surface area contributed by atoms with Crippen LogP contribution in [-0.4, -0.2) is 36.9 Å². The molecule has 1 fully saturated rings. The first kappa shape index (κ1) is 15.4. The summed E-state index contributed by atoms with van der Waals surface area (Å²) in [7, 11) is -3.93. The van der Waals surface area contributed by atoms with Gasteiger partial charge in [0.2, 0.25) is 10.0 Å². The van der Waals surface area contributed by atoms with E-state index in [4.69, 9.17) is 10.4 Å². The Balaban J connectivity index is 2.34. The lowest BCUT2D eigenvalue weighted by atomic mass is 10.0. The lowest BCUT2D eigenvalue weighted by molar-refractivity contribution is -0.142. The maximum absolute atomic E-state index is 13.3. The van der Waals surface area contributed by atoms with Crippen LogP contribution >= 0.6 is 0 Å². The fourth-order valence-electron chi connectivity index (χ4n) is 2.26. The minimum Gasteiger partial charge on any atom is -0.481 e. The molecule has 0 spiro atoms. The van der Waals surface area contributed by atoms with Crippen molar-refractivity contribution in [1.29, 1.82) is 5.26 Å².